The van der Waals surface area contributed by atoms with Crippen LogP contribution in [0.1, 0.15) is 71.3 Å². The number of carbonyl (C=O) groups is 6. The van der Waals surface area contributed by atoms with Gasteiger partial charge < -0.3 is 51.2 Å². The topological polar surface area (TPSA) is 251 Å². The molecule has 0 spiro atoms. The summed E-state index contributed by atoms with van der Waals surface area (Å²) in [5.41, 5.74) is 0.495. The minimum absolute atomic E-state index is 0.0254. The molecule has 2 fully saturated rings. The van der Waals surface area contributed by atoms with E-state index < -0.39 is 67.5 Å². The number of thioether (sulfide) groups is 1. The normalized spacial score (nSPS) is 18.5. The van der Waals surface area contributed by atoms with Crippen molar-refractivity contribution >= 4 is 78.2 Å². The molecular weight excluding hydrogens is 922 g/mol. The number of amides is 6. The highest BCUT2D eigenvalue weighted by molar-refractivity contribution is 8.00. The lowest BCUT2D eigenvalue weighted by atomic mass is 10.00. The van der Waals surface area contributed by atoms with Gasteiger partial charge in [-0.1, -0.05) is 68.9 Å². The molecular formula is C44H55Cl2N6O11PS. The smallest absolute Gasteiger partial charge is 0.452 e. The molecule has 3 aromatic carbocycles. The number of nitrogens with one attached hydrogen (secondary N) is 6. The van der Waals surface area contributed by atoms with E-state index in [0.717, 1.165) is 18.6 Å². The number of carboxylic acids is 1. The second-order valence-corrected chi connectivity index (χ2v) is 20.4. The number of phenolic OH excluding ortho intramolecular Hbond substituents is 1. The highest BCUT2D eigenvalue weighted by Crippen LogP contribution is 2.53. The van der Waals surface area contributed by atoms with E-state index in [1.807, 2.05) is 0 Å². The lowest BCUT2D eigenvalue weighted by molar-refractivity contribution is -0.141. The van der Waals surface area contributed by atoms with Gasteiger partial charge in [0, 0.05) is 33.9 Å². The van der Waals surface area contributed by atoms with Crippen LogP contribution in [0.5, 0.6) is 17.2 Å². The zero-order chi connectivity index (χ0) is 47.3. The fraction of sp³-hybridized carbons (Fsp3) is 0.455. The third-order valence-corrected chi connectivity index (χ3v) is 14.8. The zero-order valence-corrected chi connectivity index (χ0v) is 39.3. The van der Waals surface area contributed by atoms with E-state index in [2.05, 4.69) is 31.9 Å². The molecule has 0 aromatic heterocycles. The Bertz CT molecular complexity index is 2140. The first-order valence-corrected chi connectivity index (χ1v) is 24.7. The SMILES string of the molecule is CCCC(NC(=O)C(CC(=O)O)NC(=O)C(Cc1ccc(O)cc1)NC(=O)C(NC(=O)CCCCC1SCC2NC(=O)NC21)C(C)C)P(=O)(Oc1ccc(Cl)cc1)Oc1ccc(Cl)cc1. The van der Waals surface area contributed by atoms with Crippen molar-refractivity contribution in [3.63, 3.8) is 0 Å². The average molecular weight is 978 g/mol. The number of carbonyl (C=O) groups excluding carboxylic acids is 5. The standard InChI is InChI=1S/C44H55Cl2N6O11PS/c1-4-7-37(64(61,62-30-18-12-27(45)13-19-30)63-31-20-14-28(46)15-21-31)51-42(58)33(23-38(55)56)47-41(57)32(22-26-10-16-29(53)17-11-26)48-43(59)39(25(2)3)50-36(54)9-6-5-8-35-40-34(24-65-35)49-44(60)52-40/h10-21,25,32-35,37,39-40,53H,4-9,22-24H2,1-3H3,(H,47,57)(H,48,59)(H,50,54)(H,51,58)(H,55,56)(H2,49,52,60). The number of fused-ring (bicyclic) bond motifs is 1. The molecule has 0 radical (unpaired) electrons. The maximum absolute atomic E-state index is 14.8. The molecule has 2 heterocycles. The molecule has 17 nitrogen and oxygen atoms in total. The van der Waals surface area contributed by atoms with E-state index in [0.29, 0.717) is 28.5 Å². The second kappa shape index (κ2) is 23.9. The van der Waals surface area contributed by atoms with Crippen LogP contribution in [-0.4, -0.2) is 92.8 Å². The molecule has 21 heteroatoms. The van der Waals surface area contributed by atoms with Gasteiger partial charge in [0.25, 0.3) is 0 Å². The number of hydrogen-bond acceptors (Lipinski definition) is 11. The molecule has 7 unspecified atom stereocenters. The summed E-state index contributed by atoms with van der Waals surface area (Å²) in [4.78, 5) is 79.3. The molecule has 65 heavy (non-hydrogen) atoms. The number of hydrogen-bond donors (Lipinski definition) is 8. The fourth-order valence-electron chi connectivity index (χ4n) is 7.33. The van der Waals surface area contributed by atoms with E-state index in [1.165, 1.54) is 72.8 Å². The van der Waals surface area contributed by atoms with Crippen molar-refractivity contribution in [1.82, 2.24) is 31.9 Å². The van der Waals surface area contributed by atoms with Gasteiger partial charge in [-0.05, 0) is 91.4 Å². The Morgan fingerprint density at radius 1 is 0.815 bits per heavy atom. The monoisotopic (exact) mass is 976 g/mol. The average Bonchev–Trinajstić information content (AvgIpc) is 3.81. The predicted octanol–water partition coefficient (Wildman–Crippen LogP) is 6.15. The number of unbranched alkanes of at least 4 members (excludes halogenated alkanes) is 1. The highest BCUT2D eigenvalue weighted by Gasteiger charge is 2.43. The lowest BCUT2D eigenvalue weighted by Gasteiger charge is -2.30. The predicted molar refractivity (Wildman–Crippen MR) is 247 cm³/mol. The van der Waals surface area contributed by atoms with Gasteiger partial charge in [0.1, 0.15) is 35.4 Å². The van der Waals surface area contributed by atoms with Crippen molar-refractivity contribution in [1.29, 1.82) is 0 Å². The van der Waals surface area contributed by atoms with Crippen LogP contribution in [0.15, 0.2) is 72.8 Å². The zero-order valence-electron chi connectivity index (χ0n) is 36.1. The first kappa shape index (κ1) is 50.8. The highest BCUT2D eigenvalue weighted by atomic mass is 35.5. The number of halogens is 2. The summed E-state index contributed by atoms with van der Waals surface area (Å²) in [6, 6.07) is 13.4. The van der Waals surface area contributed by atoms with Crippen molar-refractivity contribution in [3.8, 4) is 17.2 Å². The molecule has 3 aromatic rings. The molecule has 0 bridgehead atoms. The van der Waals surface area contributed by atoms with Gasteiger partial charge in [-0.25, -0.2) is 9.36 Å². The van der Waals surface area contributed by atoms with Gasteiger partial charge >= 0.3 is 19.6 Å². The van der Waals surface area contributed by atoms with E-state index in [1.54, 1.807) is 32.5 Å². The third-order valence-electron chi connectivity index (χ3n) is 10.7. The Kier molecular flexibility index (Phi) is 18.7. The summed E-state index contributed by atoms with van der Waals surface area (Å²) in [7, 11) is -4.43. The molecule has 2 aliphatic rings. The number of phenols is 1. The largest absolute Gasteiger partial charge is 0.508 e. The summed E-state index contributed by atoms with van der Waals surface area (Å²) in [6.07, 6.45) is 1.52. The van der Waals surface area contributed by atoms with Crippen LogP contribution in [-0.2, 0) is 35.0 Å². The molecule has 5 rings (SSSR count). The van der Waals surface area contributed by atoms with Crippen molar-refractivity contribution in [2.45, 2.75) is 113 Å². The van der Waals surface area contributed by atoms with Crippen LogP contribution in [0.4, 0.5) is 4.79 Å². The summed E-state index contributed by atoms with van der Waals surface area (Å²) in [5, 5.41) is 37.2. The Morgan fingerprint density at radius 2 is 1.40 bits per heavy atom. The van der Waals surface area contributed by atoms with Crippen LogP contribution in [0.2, 0.25) is 10.0 Å². The summed E-state index contributed by atoms with van der Waals surface area (Å²) in [6.45, 7) is 5.21. The fourth-order valence-corrected chi connectivity index (χ4v) is 11.1. The van der Waals surface area contributed by atoms with E-state index in [-0.39, 0.29) is 65.8 Å². The first-order valence-electron chi connectivity index (χ1n) is 21.3. The van der Waals surface area contributed by atoms with Gasteiger partial charge in [0.05, 0.1) is 18.5 Å². The van der Waals surface area contributed by atoms with Gasteiger partial charge in [0.2, 0.25) is 23.6 Å². The lowest BCUT2D eigenvalue weighted by Crippen LogP contribution is -2.59. The number of urea groups is 1. The summed E-state index contributed by atoms with van der Waals surface area (Å²) < 4.78 is 26.7. The van der Waals surface area contributed by atoms with Crippen LogP contribution >= 0.6 is 42.6 Å². The number of aromatic hydroxyl groups is 1. The van der Waals surface area contributed by atoms with Crippen LogP contribution in [0.3, 0.4) is 0 Å². The molecule has 6 amide bonds. The van der Waals surface area contributed by atoms with Crippen molar-refractivity contribution in [2.24, 2.45) is 5.92 Å². The van der Waals surface area contributed by atoms with Gasteiger partial charge in [-0.15, -0.1) is 0 Å². The maximum Gasteiger partial charge on any atom is 0.452 e. The van der Waals surface area contributed by atoms with Crippen LogP contribution < -0.4 is 40.9 Å². The number of carboxylic acid groups (broad SMARTS) is 1. The number of aliphatic carboxylic acids is 1. The molecule has 0 aliphatic carbocycles. The Labute approximate surface area is 391 Å². The van der Waals surface area contributed by atoms with E-state index >= 15 is 0 Å². The van der Waals surface area contributed by atoms with Gasteiger partial charge in [-0.3, -0.25) is 24.0 Å². The molecule has 352 valence electrons. The quantitative estimate of drug-likeness (QED) is 0.0286. The summed E-state index contributed by atoms with van der Waals surface area (Å²) >= 11 is 13.9. The minimum atomic E-state index is -4.43. The van der Waals surface area contributed by atoms with Crippen molar-refractivity contribution in [3.05, 3.63) is 88.4 Å². The Morgan fingerprint density at radius 3 is 1.97 bits per heavy atom. The number of benzene rings is 3. The molecule has 0 saturated carbocycles. The second-order valence-electron chi connectivity index (χ2n) is 16.2. The third kappa shape index (κ3) is 15.2. The Hall–Kier alpha value is -5.16. The van der Waals surface area contributed by atoms with Crippen molar-refractivity contribution in [2.75, 3.05) is 5.75 Å². The maximum atomic E-state index is 14.8. The minimum Gasteiger partial charge on any atom is -0.508 e. The molecule has 2 aliphatic heterocycles. The number of rotatable bonds is 24. The van der Waals surface area contributed by atoms with Gasteiger partial charge in [0.15, 0.2) is 5.78 Å². The van der Waals surface area contributed by atoms with Crippen LogP contribution in [0.25, 0.3) is 0 Å². The van der Waals surface area contributed by atoms with E-state index in [4.69, 9.17) is 32.2 Å². The Balaban J connectivity index is 1.30. The molecule has 7 atom stereocenters. The molecule has 2 saturated heterocycles. The van der Waals surface area contributed by atoms with Gasteiger partial charge in [-0.2, -0.15) is 11.8 Å². The van der Waals surface area contributed by atoms with Crippen LogP contribution in [0, 0.1) is 5.92 Å². The molecule has 8 N–H and O–H groups in total. The van der Waals surface area contributed by atoms with Crippen molar-refractivity contribution < 1.29 is 52.6 Å². The first-order chi connectivity index (χ1) is 30.9. The summed E-state index contributed by atoms with van der Waals surface area (Å²) in [5.74, 6) is -5.33. The van der Waals surface area contributed by atoms with E-state index in [9.17, 15) is 43.5 Å².